The Kier molecular flexibility index (Phi) is 39.4. The highest BCUT2D eigenvalue weighted by Crippen LogP contribution is 2.16. The van der Waals surface area contributed by atoms with Gasteiger partial charge in [0.25, 0.3) is 0 Å². The third kappa shape index (κ3) is 39.6. The second kappa shape index (κ2) is 40.6. The van der Waals surface area contributed by atoms with Gasteiger partial charge in [0.2, 0.25) is 0 Å². The van der Waals surface area contributed by atoms with Crippen LogP contribution in [0, 0.1) is 5.92 Å². The van der Waals surface area contributed by atoms with Gasteiger partial charge in [-0.05, 0) is 25.2 Å². The van der Waals surface area contributed by atoms with Crippen molar-refractivity contribution >= 4 is 17.9 Å². The van der Waals surface area contributed by atoms with Crippen molar-refractivity contribution in [1.29, 1.82) is 0 Å². The highest BCUT2D eigenvalue weighted by molar-refractivity contribution is 5.71. The summed E-state index contributed by atoms with van der Waals surface area (Å²) in [6.07, 6.45) is 39.8. The van der Waals surface area contributed by atoms with E-state index in [0.717, 1.165) is 63.7 Å². The highest BCUT2D eigenvalue weighted by atomic mass is 16.6. The Labute approximate surface area is 323 Å². The first-order chi connectivity index (χ1) is 25.4. The van der Waals surface area contributed by atoms with Gasteiger partial charge in [0.05, 0.1) is 0 Å². The van der Waals surface area contributed by atoms with E-state index in [9.17, 15) is 14.4 Å². The molecule has 1 atom stereocenters. The van der Waals surface area contributed by atoms with Crippen LogP contribution in [0.4, 0.5) is 0 Å². The molecule has 0 fully saturated rings. The van der Waals surface area contributed by atoms with Crippen LogP contribution < -0.4 is 0 Å². The summed E-state index contributed by atoms with van der Waals surface area (Å²) < 4.78 is 16.6. The molecular weight excluding hydrogens is 648 g/mol. The maximum Gasteiger partial charge on any atom is 0.306 e. The number of hydrogen-bond acceptors (Lipinski definition) is 6. The van der Waals surface area contributed by atoms with Crippen molar-refractivity contribution < 1.29 is 28.6 Å². The molecule has 0 aliphatic heterocycles. The molecule has 0 aliphatic rings. The molecule has 0 unspecified atom stereocenters. The molecule has 0 rings (SSSR count). The summed E-state index contributed by atoms with van der Waals surface area (Å²) in [7, 11) is 0. The van der Waals surface area contributed by atoms with Crippen LogP contribution >= 0.6 is 0 Å². The van der Waals surface area contributed by atoms with Crippen molar-refractivity contribution in [2.24, 2.45) is 5.92 Å². The Morgan fingerprint density at radius 2 is 0.635 bits per heavy atom. The molecule has 0 spiro atoms. The first-order valence-electron chi connectivity index (χ1n) is 22.9. The minimum Gasteiger partial charge on any atom is -0.462 e. The second-order valence-corrected chi connectivity index (χ2v) is 16.2. The number of carbonyl (C=O) groups is 3. The number of rotatable bonds is 41. The van der Waals surface area contributed by atoms with E-state index in [0.29, 0.717) is 19.3 Å². The second-order valence-electron chi connectivity index (χ2n) is 16.2. The molecule has 0 aromatic rings. The van der Waals surface area contributed by atoms with E-state index in [1.54, 1.807) is 0 Å². The lowest BCUT2D eigenvalue weighted by Crippen LogP contribution is -2.30. The fraction of sp³-hybridized carbons (Fsp3) is 0.935. The first-order valence-corrected chi connectivity index (χ1v) is 22.9. The van der Waals surface area contributed by atoms with Gasteiger partial charge in [-0.25, -0.2) is 0 Å². The molecule has 0 aromatic carbocycles. The Bertz CT molecular complexity index is 781. The van der Waals surface area contributed by atoms with E-state index in [2.05, 4.69) is 27.7 Å². The topological polar surface area (TPSA) is 78.9 Å². The molecule has 0 radical (unpaired) electrons. The summed E-state index contributed by atoms with van der Waals surface area (Å²) in [6, 6.07) is 0. The van der Waals surface area contributed by atoms with Crippen LogP contribution in [-0.4, -0.2) is 37.2 Å². The third-order valence-electron chi connectivity index (χ3n) is 10.3. The fourth-order valence-electron chi connectivity index (χ4n) is 6.80. The summed E-state index contributed by atoms with van der Waals surface area (Å²) in [5.41, 5.74) is 0. The molecule has 52 heavy (non-hydrogen) atoms. The van der Waals surface area contributed by atoms with Gasteiger partial charge >= 0.3 is 17.9 Å². The van der Waals surface area contributed by atoms with E-state index in [-0.39, 0.29) is 31.1 Å². The van der Waals surface area contributed by atoms with Crippen LogP contribution in [0.1, 0.15) is 252 Å². The van der Waals surface area contributed by atoms with Crippen molar-refractivity contribution in [2.75, 3.05) is 13.2 Å². The van der Waals surface area contributed by atoms with Crippen LogP contribution in [0.2, 0.25) is 0 Å². The van der Waals surface area contributed by atoms with Crippen LogP contribution in [0.25, 0.3) is 0 Å². The Morgan fingerprint density at radius 3 is 0.942 bits per heavy atom. The summed E-state index contributed by atoms with van der Waals surface area (Å²) in [5, 5.41) is 0. The van der Waals surface area contributed by atoms with Crippen molar-refractivity contribution in [1.82, 2.24) is 0 Å². The predicted octanol–water partition coefficient (Wildman–Crippen LogP) is 14.3. The summed E-state index contributed by atoms with van der Waals surface area (Å²) in [5.74, 6) is -0.107. The molecule has 0 N–H and O–H groups in total. The molecule has 0 bridgehead atoms. The third-order valence-corrected chi connectivity index (χ3v) is 10.3. The predicted molar refractivity (Wildman–Crippen MR) is 220 cm³/mol. The zero-order valence-corrected chi connectivity index (χ0v) is 35.3. The van der Waals surface area contributed by atoms with Gasteiger partial charge in [0.15, 0.2) is 6.10 Å². The maximum atomic E-state index is 12.6. The molecule has 0 saturated carbocycles. The van der Waals surface area contributed by atoms with Gasteiger partial charge in [-0.1, -0.05) is 214 Å². The van der Waals surface area contributed by atoms with Gasteiger partial charge in [0.1, 0.15) is 13.2 Å². The van der Waals surface area contributed by atoms with Crippen molar-refractivity contribution in [2.45, 2.75) is 259 Å². The molecular formula is C46H88O6. The molecule has 308 valence electrons. The molecule has 0 amide bonds. The van der Waals surface area contributed by atoms with Gasteiger partial charge in [0, 0.05) is 19.3 Å². The van der Waals surface area contributed by atoms with Gasteiger partial charge in [-0.3, -0.25) is 14.4 Å². The van der Waals surface area contributed by atoms with Crippen molar-refractivity contribution in [3.8, 4) is 0 Å². The largest absolute Gasteiger partial charge is 0.462 e. The Morgan fingerprint density at radius 1 is 0.365 bits per heavy atom. The van der Waals surface area contributed by atoms with E-state index in [4.69, 9.17) is 14.2 Å². The van der Waals surface area contributed by atoms with Crippen LogP contribution in [0.5, 0.6) is 0 Å². The Balaban J connectivity index is 4.16. The lowest BCUT2D eigenvalue weighted by Gasteiger charge is -2.18. The molecule has 6 nitrogen and oxygen atoms in total. The zero-order chi connectivity index (χ0) is 38.2. The number of ether oxygens (including phenoxy) is 3. The molecule has 0 heterocycles. The number of carbonyl (C=O) groups excluding carboxylic acids is 3. The normalized spacial score (nSPS) is 11.9. The van der Waals surface area contributed by atoms with Crippen molar-refractivity contribution in [3.05, 3.63) is 0 Å². The van der Waals surface area contributed by atoms with E-state index in [1.807, 2.05) is 0 Å². The van der Waals surface area contributed by atoms with E-state index < -0.39 is 6.10 Å². The minimum absolute atomic E-state index is 0.0653. The molecule has 0 saturated heterocycles. The molecule has 6 heteroatoms. The smallest absolute Gasteiger partial charge is 0.306 e. The van der Waals surface area contributed by atoms with Gasteiger partial charge < -0.3 is 14.2 Å². The van der Waals surface area contributed by atoms with Crippen molar-refractivity contribution in [3.63, 3.8) is 0 Å². The van der Waals surface area contributed by atoms with Crippen LogP contribution in [0.15, 0.2) is 0 Å². The summed E-state index contributed by atoms with van der Waals surface area (Å²) >= 11 is 0. The highest BCUT2D eigenvalue weighted by Gasteiger charge is 2.19. The zero-order valence-electron chi connectivity index (χ0n) is 35.3. The molecule has 0 aliphatic carbocycles. The fourth-order valence-corrected chi connectivity index (χ4v) is 6.80. The monoisotopic (exact) mass is 737 g/mol. The standard InChI is InChI=1S/C46H88O6/c1-5-7-9-11-13-14-15-16-17-18-19-20-21-22-23-25-30-34-38-45(48)51-41-43(40-50-44(47)37-33-29-24-12-10-8-6-2)52-46(49)39-35-31-27-26-28-32-36-42(3)4/h42-43H,5-41H2,1-4H3/t43-/m0/s1. The van der Waals surface area contributed by atoms with E-state index in [1.165, 1.54) is 148 Å². The summed E-state index contributed by atoms with van der Waals surface area (Å²) in [6.45, 7) is 8.89. The quantitative estimate of drug-likeness (QED) is 0.0353. The van der Waals surface area contributed by atoms with Crippen LogP contribution in [-0.2, 0) is 28.6 Å². The number of unbranched alkanes of at least 4 members (excludes halogenated alkanes) is 28. The lowest BCUT2D eigenvalue weighted by molar-refractivity contribution is -0.167. The number of esters is 3. The average Bonchev–Trinajstić information content (AvgIpc) is 3.12. The van der Waals surface area contributed by atoms with Crippen LogP contribution in [0.3, 0.4) is 0 Å². The Hall–Kier alpha value is -1.59. The van der Waals surface area contributed by atoms with E-state index >= 15 is 0 Å². The SMILES string of the molecule is CCCCCCCCCCCCCCCCCCCCC(=O)OC[C@H](COC(=O)CCCCCCCCC)OC(=O)CCCCCCCCC(C)C. The lowest BCUT2D eigenvalue weighted by atomic mass is 10.0. The van der Waals surface area contributed by atoms with Gasteiger partial charge in [-0.2, -0.15) is 0 Å². The number of hydrogen-bond donors (Lipinski definition) is 0. The average molecular weight is 737 g/mol. The first kappa shape index (κ1) is 50.4. The minimum atomic E-state index is -0.759. The maximum absolute atomic E-state index is 12.6. The summed E-state index contributed by atoms with van der Waals surface area (Å²) in [4.78, 5) is 37.5. The molecule has 0 aromatic heterocycles. The van der Waals surface area contributed by atoms with Gasteiger partial charge in [-0.15, -0.1) is 0 Å².